The summed E-state index contributed by atoms with van der Waals surface area (Å²) in [6.45, 7) is 3.23. The summed E-state index contributed by atoms with van der Waals surface area (Å²) in [6.07, 6.45) is 0. The number of hydrogen-bond acceptors (Lipinski definition) is 0. The van der Waals surface area contributed by atoms with Gasteiger partial charge in [0.15, 0.2) is 0 Å². The number of nitrogens with zero attached hydrogens (tertiary/aromatic N) is 2. The molecule has 0 N–H and O–H groups in total. The van der Waals surface area contributed by atoms with Crippen LogP contribution in [0, 0.1) is 0 Å². The fourth-order valence-corrected chi connectivity index (χ4v) is 0.191. The lowest BCUT2D eigenvalue weighted by atomic mass is 10.7. The molecule has 0 aliphatic carbocycles. The molecule has 0 aliphatic rings. The van der Waals surface area contributed by atoms with Crippen LogP contribution in [0.15, 0.2) is 41.0 Å². The molecule has 0 aromatic rings. The van der Waals surface area contributed by atoms with E-state index in [1.165, 1.54) is 0 Å². The minimum atomic E-state index is 1.98. The van der Waals surface area contributed by atoms with Crippen LogP contribution in [0.25, 0.3) is 5.53 Å². The fourth-order valence-electron chi connectivity index (χ4n) is 0.191. The minimum absolute atomic E-state index is 1.98. The van der Waals surface area contributed by atoms with Crippen molar-refractivity contribution >= 4 is 5.87 Å². The summed E-state index contributed by atoms with van der Waals surface area (Å²) in [4.78, 5) is 2.51. The van der Waals surface area contributed by atoms with E-state index in [-0.39, 0.29) is 0 Å². The van der Waals surface area contributed by atoms with Crippen molar-refractivity contribution in [2.24, 2.45) is 0 Å². The first-order valence-electron chi connectivity index (χ1n) is 2.28. The maximum absolute atomic E-state index is 7.79. The van der Waals surface area contributed by atoms with Crippen molar-refractivity contribution in [3.05, 3.63) is 46.5 Å². The molecule has 0 saturated heterocycles. The van der Waals surface area contributed by atoms with Gasteiger partial charge in [-0.1, -0.05) is 5.73 Å². The molecule has 0 rings (SSSR count). The Bertz CT molecular complexity index is 343. The zero-order valence-corrected chi connectivity index (χ0v) is 5.10. The van der Waals surface area contributed by atoms with E-state index in [1.54, 1.807) is 0 Å². The van der Waals surface area contributed by atoms with Gasteiger partial charge in [-0.05, 0) is 18.0 Å². The Labute approximate surface area is 58.0 Å². The quantitative estimate of drug-likeness (QED) is 0.201. The third-order valence-electron chi connectivity index (χ3n) is 0.444. The van der Waals surface area contributed by atoms with Crippen molar-refractivity contribution < 1.29 is 4.79 Å². The third-order valence-corrected chi connectivity index (χ3v) is 0.444. The van der Waals surface area contributed by atoms with E-state index in [2.05, 4.69) is 45.8 Å². The third kappa shape index (κ3) is 5.84. The van der Waals surface area contributed by atoms with Crippen molar-refractivity contribution in [3.8, 4) is 0 Å². The van der Waals surface area contributed by atoms with Gasteiger partial charge in [0.2, 0.25) is 0 Å². The van der Waals surface area contributed by atoms with Gasteiger partial charge in [-0.2, -0.15) is 0 Å². The van der Waals surface area contributed by atoms with Crippen molar-refractivity contribution in [3.63, 3.8) is 0 Å². The van der Waals surface area contributed by atoms with Crippen LogP contribution in [0.4, 0.5) is 0 Å². The Hall–Kier alpha value is -2.16. The maximum Gasteiger partial charge on any atom is 0.363 e. The SMILES string of the molecule is C=C=C=C=C=C=C=C=[N+]=[N-]. The number of hydrogen-bond donors (Lipinski definition) is 0. The predicted octanol–water partition coefficient (Wildman–Crippen LogP) is 1.00. The molecule has 10 heavy (non-hydrogen) atoms. The summed E-state index contributed by atoms with van der Waals surface area (Å²) >= 11 is 0. The second kappa shape index (κ2) is 6.84. The maximum atomic E-state index is 7.79. The van der Waals surface area contributed by atoms with Crippen molar-refractivity contribution in [1.82, 2.24) is 0 Å². The molecule has 0 spiro atoms. The Morgan fingerprint density at radius 2 is 1.60 bits per heavy atom. The molecule has 0 atom stereocenters. The topological polar surface area (TPSA) is 36.4 Å². The first-order chi connectivity index (χ1) is 4.91. The normalized spacial score (nSPS) is 3.60. The van der Waals surface area contributed by atoms with E-state index in [0.717, 1.165) is 0 Å². The molecule has 0 aliphatic heterocycles. The van der Waals surface area contributed by atoms with Gasteiger partial charge in [-0.3, -0.25) is 0 Å². The number of rotatable bonds is 0. The molecule has 2 nitrogen and oxygen atoms in total. The van der Waals surface area contributed by atoms with Crippen LogP contribution in [0.3, 0.4) is 0 Å². The van der Waals surface area contributed by atoms with E-state index in [1.807, 2.05) is 5.87 Å². The molecule has 0 fully saturated rings. The summed E-state index contributed by atoms with van der Waals surface area (Å²) < 4.78 is 0. The second-order valence-electron chi connectivity index (χ2n) is 1.01. The summed E-state index contributed by atoms with van der Waals surface area (Å²) in [7, 11) is 0. The second-order valence-corrected chi connectivity index (χ2v) is 1.01. The summed E-state index contributed by atoms with van der Waals surface area (Å²) in [5.74, 6) is 1.98. The van der Waals surface area contributed by atoms with E-state index in [4.69, 9.17) is 5.53 Å². The Kier molecular flexibility index (Phi) is 5.36. The highest BCUT2D eigenvalue weighted by molar-refractivity contribution is 5.42. The Morgan fingerprint density at radius 1 is 1.00 bits per heavy atom. The van der Waals surface area contributed by atoms with Crippen LogP contribution in [0.1, 0.15) is 0 Å². The molecule has 0 aromatic heterocycles. The van der Waals surface area contributed by atoms with E-state index < -0.39 is 0 Å². The molecule has 2 heteroatoms. The molecular weight excluding hydrogens is 124 g/mol. The average molecular weight is 126 g/mol. The van der Waals surface area contributed by atoms with Crippen molar-refractivity contribution in [2.45, 2.75) is 0 Å². The molecule has 0 amide bonds. The lowest BCUT2D eigenvalue weighted by Crippen LogP contribution is -1.39. The van der Waals surface area contributed by atoms with Gasteiger partial charge >= 0.3 is 5.87 Å². The first kappa shape index (κ1) is 7.84. The van der Waals surface area contributed by atoms with E-state index in [9.17, 15) is 0 Å². The largest absolute Gasteiger partial charge is 0.363 e. The molecule has 44 valence electrons. The Morgan fingerprint density at radius 3 is 2.20 bits per heavy atom. The van der Waals surface area contributed by atoms with Gasteiger partial charge in [0.25, 0.3) is 0 Å². The molecule has 0 bridgehead atoms. The van der Waals surface area contributed by atoms with Crippen LogP contribution in [0.5, 0.6) is 0 Å². The van der Waals surface area contributed by atoms with Crippen LogP contribution < -0.4 is 0 Å². The highest BCUT2D eigenvalue weighted by Crippen LogP contribution is 1.49. The standard InChI is InChI=1S/C8H2N2/c1-2-3-4-5-6-7-8-10-9/h1H2. The van der Waals surface area contributed by atoms with Gasteiger partial charge in [-0.25, -0.2) is 0 Å². The molecular formula is C8H2N2. The van der Waals surface area contributed by atoms with Gasteiger partial charge in [0.1, 0.15) is 0 Å². The molecule has 0 unspecified atom stereocenters. The predicted molar refractivity (Wildman–Crippen MR) is 35.3 cm³/mol. The van der Waals surface area contributed by atoms with Gasteiger partial charge < -0.3 is 5.53 Å². The molecule has 0 aromatic carbocycles. The van der Waals surface area contributed by atoms with E-state index >= 15 is 0 Å². The zero-order chi connectivity index (χ0) is 7.66. The summed E-state index contributed by atoms with van der Waals surface area (Å²) in [5.41, 5.74) is 21.8. The van der Waals surface area contributed by atoms with Crippen LogP contribution >= 0.6 is 0 Å². The summed E-state index contributed by atoms with van der Waals surface area (Å²) in [5, 5.41) is 0. The summed E-state index contributed by atoms with van der Waals surface area (Å²) in [6, 6.07) is 0. The Balaban J connectivity index is 5.30. The monoisotopic (exact) mass is 126 g/mol. The average Bonchev–Trinajstić information content (AvgIpc) is 1.97. The van der Waals surface area contributed by atoms with Crippen molar-refractivity contribution in [2.75, 3.05) is 0 Å². The van der Waals surface area contributed by atoms with Crippen molar-refractivity contribution in [1.29, 1.82) is 0 Å². The van der Waals surface area contributed by atoms with Crippen LogP contribution in [0.2, 0.25) is 0 Å². The van der Waals surface area contributed by atoms with Gasteiger partial charge in [-0.15, -0.1) is 4.79 Å². The minimum Gasteiger partial charge on any atom is -0.348 e. The smallest absolute Gasteiger partial charge is 0.348 e. The van der Waals surface area contributed by atoms with Crippen LogP contribution in [-0.4, -0.2) is 10.7 Å². The van der Waals surface area contributed by atoms with E-state index in [0.29, 0.717) is 0 Å². The fraction of sp³-hybridized carbons (Fsp3) is 0. The van der Waals surface area contributed by atoms with Gasteiger partial charge in [0, 0.05) is 11.5 Å². The molecule has 0 radical (unpaired) electrons. The highest BCUT2D eigenvalue weighted by atomic mass is 14.8. The highest BCUT2D eigenvalue weighted by Gasteiger charge is 1.43. The first-order valence-corrected chi connectivity index (χ1v) is 2.28. The lowest BCUT2D eigenvalue weighted by molar-refractivity contribution is 0.00819. The lowest BCUT2D eigenvalue weighted by Gasteiger charge is -1.34. The van der Waals surface area contributed by atoms with Crippen LogP contribution in [-0.2, 0) is 0 Å². The zero-order valence-electron chi connectivity index (χ0n) is 5.10. The molecule has 0 heterocycles. The van der Waals surface area contributed by atoms with Gasteiger partial charge in [0.05, 0.1) is 5.73 Å². The molecule has 0 saturated carbocycles.